The first-order chi connectivity index (χ1) is 10.6. The van der Waals surface area contributed by atoms with E-state index in [0.29, 0.717) is 16.3 Å². The molecule has 0 aliphatic rings. The van der Waals surface area contributed by atoms with Gasteiger partial charge in [-0.15, -0.1) is 0 Å². The van der Waals surface area contributed by atoms with Crippen LogP contribution in [0.5, 0.6) is 5.75 Å². The fourth-order valence-corrected chi connectivity index (χ4v) is 1.81. The molecule has 0 unspecified atom stereocenters. The number of ether oxygens (including phenoxy) is 1. The largest absolute Gasteiger partial charge is 0.423 e. The third kappa shape index (κ3) is 4.43. The van der Waals surface area contributed by atoms with E-state index < -0.39 is 5.97 Å². The summed E-state index contributed by atoms with van der Waals surface area (Å²) in [4.78, 5) is 23.1. The second-order valence-electron chi connectivity index (χ2n) is 4.40. The maximum atomic E-state index is 12.0. The number of hydrogen-bond donors (Lipinski definition) is 0. The van der Waals surface area contributed by atoms with Gasteiger partial charge >= 0.3 is 5.97 Å². The van der Waals surface area contributed by atoms with Crippen LogP contribution in [0.4, 0.5) is 0 Å². The summed E-state index contributed by atoms with van der Waals surface area (Å²) in [6, 6.07) is 13.5. The van der Waals surface area contributed by atoms with Crippen molar-refractivity contribution in [2.24, 2.45) is 0 Å². The number of allylic oxidation sites excluding steroid dienone is 1. The lowest BCUT2D eigenvalue weighted by Gasteiger charge is -2.01. The summed E-state index contributed by atoms with van der Waals surface area (Å²) in [5.74, 6) is -0.318. The lowest BCUT2D eigenvalue weighted by molar-refractivity contribution is -0.128. The molecule has 0 radical (unpaired) electrons. The Labute approximate surface area is 133 Å². The molecule has 2 aromatic carbocycles. The van der Waals surface area contributed by atoms with Crippen molar-refractivity contribution in [2.45, 2.75) is 0 Å². The molecule has 0 amide bonds. The van der Waals surface area contributed by atoms with Crippen LogP contribution in [0.1, 0.15) is 15.9 Å². The van der Waals surface area contributed by atoms with Gasteiger partial charge in [-0.3, -0.25) is 4.79 Å². The number of carbonyl (C=O) groups is 2. The zero-order chi connectivity index (χ0) is 15.9. The molecule has 0 aliphatic heterocycles. The van der Waals surface area contributed by atoms with E-state index in [0.717, 1.165) is 11.6 Å². The van der Waals surface area contributed by atoms with Gasteiger partial charge in [0.1, 0.15) is 5.75 Å². The maximum absolute atomic E-state index is 12.0. The predicted octanol–water partition coefficient (Wildman–Crippen LogP) is 4.33. The number of carbonyl (C=O) groups excluding carboxylic acids is 2. The molecule has 0 aromatic heterocycles. The summed E-state index contributed by atoms with van der Waals surface area (Å²) in [7, 11) is 0. The molecular weight excluding hydrogens is 300 g/mol. The average molecular weight is 313 g/mol. The third-order valence-electron chi connectivity index (χ3n) is 2.82. The summed E-state index contributed by atoms with van der Waals surface area (Å²) in [6.45, 7) is 3.32. The van der Waals surface area contributed by atoms with Gasteiger partial charge in [0.25, 0.3) is 0 Å². The van der Waals surface area contributed by atoms with Gasteiger partial charge in [-0.05, 0) is 48.0 Å². The predicted molar refractivity (Wildman–Crippen MR) is 87.1 cm³/mol. The van der Waals surface area contributed by atoms with E-state index >= 15 is 0 Å². The molecule has 22 heavy (non-hydrogen) atoms. The molecule has 110 valence electrons. The number of halogens is 1. The van der Waals surface area contributed by atoms with Gasteiger partial charge in [-0.1, -0.05) is 36.4 Å². The molecular formula is C18H13ClO3. The Kier molecular flexibility index (Phi) is 5.28. The zero-order valence-electron chi connectivity index (χ0n) is 11.7. The molecule has 0 saturated heterocycles. The van der Waals surface area contributed by atoms with Gasteiger partial charge in [0.15, 0.2) is 5.78 Å². The first kappa shape index (κ1) is 15.7. The fraction of sp³-hybridized carbons (Fsp3) is 0. The van der Waals surface area contributed by atoms with Crippen molar-refractivity contribution in [3.8, 4) is 5.75 Å². The topological polar surface area (TPSA) is 43.4 Å². The normalized spacial score (nSPS) is 10.4. The van der Waals surface area contributed by atoms with Crippen LogP contribution in [0.25, 0.3) is 6.08 Å². The number of esters is 1. The van der Waals surface area contributed by atoms with Crippen LogP contribution in [-0.2, 0) is 4.79 Å². The smallest absolute Gasteiger partial charge is 0.335 e. The molecule has 0 spiro atoms. The monoisotopic (exact) mass is 312 g/mol. The van der Waals surface area contributed by atoms with Crippen molar-refractivity contribution in [3.63, 3.8) is 0 Å². The molecule has 4 heteroatoms. The maximum Gasteiger partial charge on any atom is 0.335 e. The second kappa shape index (κ2) is 7.38. The summed E-state index contributed by atoms with van der Waals surface area (Å²) in [6.07, 6.45) is 4.27. The summed E-state index contributed by atoms with van der Waals surface area (Å²) in [5.41, 5.74) is 1.39. The lowest BCUT2D eigenvalue weighted by atomic mass is 10.1. The fourth-order valence-electron chi connectivity index (χ4n) is 1.69. The molecule has 0 bridgehead atoms. The van der Waals surface area contributed by atoms with E-state index in [2.05, 4.69) is 6.58 Å². The minimum absolute atomic E-state index is 0.142. The summed E-state index contributed by atoms with van der Waals surface area (Å²) < 4.78 is 4.94. The minimum Gasteiger partial charge on any atom is -0.423 e. The summed E-state index contributed by atoms with van der Waals surface area (Å²) in [5, 5.41) is 0.646. The number of benzene rings is 2. The number of hydrogen-bond acceptors (Lipinski definition) is 3. The molecule has 2 aromatic rings. The van der Waals surface area contributed by atoms with Crippen molar-refractivity contribution in [3.05, 3.63) is 83.4 Å². The highest BCUT2D eigenvalue weighted by atomic mass is 35.5. The van der Waals surface area contributed by atoms with Crippen molar-refractivity contribution < 1.29 is 14.3 Å². The SMILES string of the molecule is C=CC(=O)Oc1ccc(C(=O)C=Cc2ccc(Cl)cc2)cc1. The van der Waals surface area contributed by atoms with E-state index in [1.165, 1.54) is 6.08 Å². The van der Waals surface area contributed by atoms with E-state index in [4.69, 9.17) is 16.3 Å². The van der Waals surface area contributed by atoms with Crippen molar-refractivity contribution in [1.82, 2.24) is 0 Å². The van der Waals surface area contributed by atoms with Gasteiger partial charge in [0.2, 0.25) is 0 Å². The van der Waals surface area contributed by atoms with Gasteiger partial charge in [0.05, 0.1) is 0 Å². The van der Waals surface area contributed by atoms with Gasteiger partial charge in [-0.25, -0.2) is 4.79 Å². The highest BCUT2D eigenvalue weighted by Crippen LogP contribution is 2.14. The first-order valence-corrected chi connectivity index (χ1v) is 6.88. The van der Waals surface area contributed by atoms with Crippen LogP contribution in [0, 0.1) is 0 Å². The second-order valence-corrected chi connectivity index (χ2v) is 4.84. The van der Waals surface area contributed by atoms with E-state index in [-0.39, 0.29) is 5.78 Å². The Bertz CT molecular complexity index is 713. The summed E-state index contributed by atoms with van der Waals surface area (Å²) >= 11 is 5.80. The van der Waals surface area contributed by atoms with Crippen LogP contribution in [0.15, 0.2) is 67.3 Å². The third-order valence-corrected chi connectivity index (χ3v) is 3.07. The first-order valence-electron chi connectivity index (χ1n) is 6.51. The molecule has 0 fully saturated rings. The van der Waals surface area contributed by atoms with Crippen LogP contribution < -0.4 is 4.74 Å². The Morgan fingerprint density at radius 1 is 1.00 bits per heavy atom. The van der Waals surface area contributed by atoms with Crippen molar-refractivity contribution in [2.75, 3.05) is 0 Å². The van der Waals surface area contributed by atoms with E-state index in [9.17, 15) is 9.59 Å². The minimum atomic E-state index is -0.540. The van der Waals surface area contributed by atoms with Crippen LogP contribution in [-0.4, -0.2) is 11.8 Å². The Hall–Kier alpha value is -2.65. The highest BCUT2D eigenvalue weighted by Gasteiger charge is 2.04. The number of rotatable bonds is 5. The van der Waals surface area contributed by atoms with Crippen LogP contribution in [0.2, 0.25) is 5.02 Å². The van der Waals surface area contributed by atoms with Crippen molar-refractivity contribution >= 4 is 29.4 Å². The number of ketones is 1. The molecule has 0 aliphatic carbocycles. The van der Waals surface area contributed by atoms with Gasteiger partial charge in [-0.2, -0.15) is 0 Å². The van der Waals surface area contributed by atoms with Crippen molar-refractivity contribution in [1.29, 1.82) is 0 Å². The highest BCUT2D eigenvalue weighted by molar-refractivity contribution is 6.30. The van der Waals surface area contributed by atoms with E-state index in [1.54, 1.807) is 42.5 Å². The van der Waals surface area contributed by atoms with Crippen LogP contribution >= 0.6 is 11.6 Å². The van der Waals surface area contributed by atoms with Gasteiger partial charge < -0.3 is 4.74 Å². The molecule has 2 rings (SSSR count). The Morgan fingerprint density at radius 2 is 1.64 bits per heavy atom. The lowest BCUT2D eigenvalue weighted by Crippen LogP contribution is -2.03. The standard InChI is InChI=1S/C18H13ClO3/c1-2-18(21)22-16-10-6-14(7-11-16)17(20)12-5-13-3-8-15(19)9-4-13/h2-12H,1H2. The van der Waals surface area contributed by atoms with E-state index in [1.807, 2.05) is 12.1 Å². The Morgan fingerprint density at radius 3 is 2.23 bits per heavy atom. The average Bonchev–Trinajstić information content (AvgIpc) is 2.54. The molecule has 3 nitrogen and oxygen atoms in total. The zero-order valence-corrected chi connectivity index (χ0v) is 12.4. The Balaban J connectivity index is 2.04. The van der Waals surface area contributed by atoms with Crippen LogP contribution in [0.3, 0.4) is 0 Å². The molecule has 0 heterocycles. The quantitative estimate of drug-likeness (QED) is 0.357. The van der Waals surface area contributed by atoms with Gasteiger partial charge in [0, 0.05) is 16.7 Å². The molecule has 0 N–H and O–H groups in total. The molecule has 0 atom stereocenters. The molecule has 0 saturated carbocycles.